The smallest absolute Gasteiger partial charge is 0.178 e. The Bertz CT molecular complexity index is 632. The minimum atomic E-state index is 0.409. The molecule has 0 saturated heterocycles. The highest BCUT2D eigenvalue weighted by molar-refractivity contribution is 14.1. The van der Waals surface area contributed by atoms with Crippen molar-refractivity contribution >= 4 is 45.8 Å². The molecule has 0 bridgehead atoms. The van der Waals surface area contributed by atoms with Crippen molar-refractivity contribution in [2.75, 3.05) is 20.6 Å². The van der Waals surface area contributed by atoms with Gasteiger partial charge in [-0.05, 0) is 79.4 Å². The Morgan fingerprint density at radius 1 is 1.35 bits per heavy atom. The molecule has 0 radical (unpaired) electrons. The molecule has 20 heavy (non-hydrogen) atoms. The van der Waals surface area contributed by atoms with Crippen molar-refractivity contribution < 1.29 is 0 Å². The molecule has 1 heterocycles. The molecule has 3 nitrogen and oxygen atoms in total. The lowest BCUT2D eigenvalue weighted by molar-refractivity contribution is 0.291. The Kier molecular flexibility index (Phi) is 5.25. The second kappa shape index (κ2) is 6.58. The Balaban J connectivity index is 2.51. The van der Waals surface area contributed by atoms with Crippen molar-refractivity contribution in [2.24, 2.45) is 5.92 Å². The molecule has 2 aromatic rings. The molecule has 0 aliphatic heterocycles. The highest BCUT2D eigenvalue weighted by atomic mass is 127. The van der Waals surface area contributed by atoms with Crippen molar-refractivity contribution in [3.8, 4) is 0 Å². The number of nitrogens with zero attached hydrogens (tertiary/aromatic N) is 2. The predicted octanol–water partition coefficient (Wildman–Crippen LogP) is 4.45. The number of hydrogen-bond donors (Lipinski definition) is 1. The van der Waals surface area contributed by atoms with Gasteiger partial charge in [0, 0.05) is 16.2 Å². The first-order valence-electron chi connectivity index (χ1n) is 6.93. The minimum Gasteiger partial charge on any atom is -0.331 e. The Labute approximate surface area is 139 Å². The van der Waals surface area contributed by atoms with E-state index in [0.717, 1.165) is 23.3 Å². The van der Waals surface area contributed by atoms with Crippen LogP contribution in [0.15, 0.2) is 18.2 Å². The van der Waals surface area contributed by atoms with E-state index in [2.05, 4.69) is 83.2 Å². The number of halogens is 1. The van der Waals surface area contributed by atoms with Crippen molar-refractivity contribution in [3.05, 3.63) is 26.5 Å². The third kappa shape index (κ3) is 3.62. The fourth-order valence-electron chi connectivity index (χ4n) is 2.69. The number of nitrogens with one attached hydrogen (secondary N) is 1. The number of rotatable bonds is 5. The van der Waals surface area contributed by atoms with E-state index in [-0.39, 0.29) is 0 Å². The van der Waals surface area contributed by atoms with Gasteiger partial charge in [-0.25, -0.2) is 0 Å². The van der Waals surface area contributed by atoms with Gasteiger partial charge in [0.2, 0.25) is 0 Å². The fraction of sp³-hybridized carbons (Fsp3) is 0.533. The van der Waals surface area contributed by atoms with Crippen molar-refractivity contribution in [1.82, 2.24) is 14.5 Å². The molecule has 1 aromatic heterocycles. The summed E-state index contributed by atoms with van der Waals surface area (Å²) in [6.45, 7) is 5.54. The second-order valence-corrected chi connectivity index (χ2v) is 7.64. The van der Waals surface area contributed by atoms with Crippen LogP contribution in [0.1, 0.15) is 26.3 Å². The zero-order valence-corrected chi connectivity index (χ0v) is 15.5. The van der Waals surface area contributed by atoms with Gasteiger partial charge in [0.1, 0.15) is 0 Å². The topological polar surface area (TPSA) is 24.0 Å². The molecule has 1 atom stereocenters. The van der Waals surface area contributed by atoms with Crippen molar-refractivity contribution in [1.29, 1.82) is 0 Å². The molecule has 0 aliphatic rings. The summed E-state index contributed by atoms with van der Waals surface area (Å²) in [5.74, 6) is 0.649. The molecule has 0 amide bonds. The lowest BCUT2D eigenvalue weighted by Gasteiger charge is -2.25. The first-order chi connectivity index (χ1) is 9.38. The van der Waals surface area contributed by atoms with E-state index in [9.17, 15) is 0 Å². The van der Waals surface area contributed by atoms with Gasteiger partial charge in [-0.3, -0.25) is 0 Å². The summed E-state index contributed by atoms with van der Waals surface area (Å²) >= 11 is 7.90. The molecular weight excluding hydrogens is 381 g/mol. The van der Waals surface area contributed by atoms with E-state index in [1.807, 2.05) is 0 Å². The summed E-state index contributed by atoms with van der Waals surface area (Å²) in [4.78, 5) is 5.59. The molecule has 110 valence electrons. The first-order valence-corrected chi connectivity index (χ1v) is 8.41. The van der Waals surface area contributed by atoms with E-state index >= 15 is 0 Å². The van der Waals surface area contributed by atoms with Crippen LogP contribution in [0.5, 0.6) is 0 Å². The van der Waals surface area contributed by atoms with Gasteiger partial charge in [-0.2, -0.15) is 0 Å². The van der Waals surface area contributed by atoms with Gasteiger partial charge in [0.05, 0.1) is 11.0 Å². The van der Waals surface area contributed by atoms with E-state index in [4.69, 9.17) is 12.2 Å². The second-order valence-electron chi connectivity index (χ2n) is 6.01. The normalized spacial score (nSPS) is 13.6. The summed E-state index contributed by atoms with van der Waals surface area (Å²) in [5, 5.41) is 0. The Morgan fingerprint density at radius 3 is 2.65 bits per heavy atom. The maximum absolute atomic E-state index is 5.56. The van der Waals surface area contributed by atoms with Crippen LogP contribution in [0, 0.1) is 14.3 Å². The molecule has 5 heteroatoms. The number of H-pyrrole nitrogens is 1. The summed E-state index contributed by atoms with van der Waals surface area (Å²) in [7, 11) is 4.24. The molecule has 1 aromatic carbocycles. The molecular formula is C15H22IN3S. The monoisotopic (exact) mass is 403 g/mol. The number of imidazole rings is 1. The SMILES string of the molecule is CC(C)CC(CN(C)C)n1c(=S)[nH]c2cc(I)ccc21. The number of benzene rings is 1. The lowest BCUT2D eigenvalue weighted by Crippen LogP contribution is -2.25. The number of aromatic nitrogens is 2. The first kappa shape index (κ1) is 16.0. The van der Waals surface area contributed by atoms with Crippen LogP contribution in [0.2, 0.25) is 0 Å². The lowest BCUT2D eigenvalue weighted by atomic mass is 10.0. The van der Waals surface area contributed by atoms with Gasteiger partial charge in [-0.15, -0.1) is 0 Å². The highest BCUT2D eigenvalue weighted by Crippen LogP contribution is 2.25. The van der Waals surface area contributed by atoms with E-state index in [0.29, 0.717) is 12.0 Å². The summed E-state index contributed by atoms with van der Waals surface area (Å²) in [6, 6.07) is 6.88. The molecule has 0 fully saturated rings. The highest BCUT2D eigenvalue weighted by Gasteiger charge is 2.18. The van der Waals surface area contributed by atoms with Gasteiger partial charge in [0.15, 0.2) is 4.77 Å². The third-order valence-electron chi connectivity index (χ3n) is 3.36. The van der Waals surface area contributed by atoms with Crippen molar-refractivity contribution in [2.45, 2.75) is 26.3 Å². The van der Waals surface area contributed by atoms with Crippen LogP contribution < -0.4 is 0 Å². The summed E-state index contributed by atoms with van der Waals surface area (Å²) in [5.41, 5.74) is 2.34. The standard InChI is InChI=1S/C15H22IN3S/c1-10(2)7-12(9-18(3)4)19-14-6-5-11(16)8-13(14)17-15(19)20/h5-6,8,10,12H,7,9H2,1-4H3,(H,17,20). The Hall–Kier alpha value is -0.400. The zero-order valence-electron chi connectivity index (χ0n) is 12.5. The minimum absolute atomic E-state index is 0.409. The summed E-state index contributed by atoms with van der Waals surface area (Å²) < 4.78 is 4.35. The predicted molar refractivity (Wildman–Crippen MR) is 96.9 cm³/mol. The quantitative estimate of drug-likeness (QED) is 0.589. The maximum atomic E-state index is 5.56. The van der Waals surface area contributed by atoms with Crippen LogP contribution in [0.4, 0.5) is 0 Å². The molecule has 0 aliphatic carbocycles. The number of aromatic amines is 1. The van der Waals surface area contributed by atoms with Crippen LogP contribution in [0.3, 0.4) is 0 Å². The van der Waals surface area contributed by atoms with Crippen LogP contribution in [0.25, 0.3) is 11.0 Å². The van der Waals surface area contributed by atoms with E-state index in [1.54, 1.807) is 0 Å². The number of fused-ring (bicyclic) bond motifs is 1. The van der Waals surface area contributed by atoms with Crippen LogP contribution in [-0.4, -0.2) is 35.1 Å². The molecule has 0 spiro atoms. The van der Waals surface area contributed by atoms with Crippen LogP contribution in [-0.2, 0) is 0 Å². The third-order valence-corrected chi connectivity index (χ3v) is 4.33. The zero-order chi connectivity index (χ0) is 14.9. The van der Waals surface area contributed by atoms with Gasteiger partial charge in [-0.1, -0.05) is 13.8 Å². The fourth-order valence-corrected chi connectivity index (χ4v) is 3.54. The van der Waals surface area contributed by atoms with Crippen molar-refractivity contribution in [3.63, 3.8) is 0 Å². The van der Waals surface area contributed by atoms with Gasteiger partial charge >= 0.3 is 0 Å². The molecule has 1 unspecified atom stereocenters. The van der Waals surface area contributed by atoms with E-state index in [1.165, 1.54) is 9.09 Å². The molecule has 1 N–H and O–H groups in total. The summed E-state index contributed by atoms with van der Waals surface area (Å²) in [6.07, 6.45) is 1.13. The average molecular weight is 403 g/mol. The Morgan fingerprint density at radius 2 is 2.05 bits per heavy atom. The van der Waals surface area contributed by atoms with Gasteiger partial charge in [0.25, 0.3) is 0 Å². The molecule has 2 rings (SSSR count). The number of hydrogen-bond acceptors (Lipinski definition) is 2. The molecule has 0 saturated carbocycles. The number of likely N-dealkylation sites (N-methyl/N-ethyl adjacent to an activating group) is 1. The van der Waals surface area contributed by atoms with Crippen LogP contribution >= 0.6 is 34.8 Å². The van der Waals surface area contributed by atoms with E-state index < -0.39 is 0 Å². The largest absolute Gasteiger partial charge is 0.331 e. The average Bonchev–Trinajstić information content (AvgIpc) is 2.61. The maximum Gasteiger partial charge on any atom is 0.178 e. The van der Waals surface area contributed by atoms with Gasteiger partial charge < -0.3 is 14.5 Å².